The van der Waals surface area contributed by atoms with Crippen LogP contribution >= 0.6 is 23.2 Å². The van der Waals surface area contributed by atoms with Crippen molar-refractivity contribution in [1.29, 1.82) is 0 Å². The lowest BCUT2D eigenvalue weighted by atomic mass is 10.0. The number of hydrogen-bond donors (Lipinski definition) is 0. The maximum Gasteiger partial charge on any atom is 0.493 e. The number of halogens is 6. The highest BCUT2D eigenvalue weighted by Gasteiger charge is 2.42. The second kappa shape index (κ2) is 11.5. The van der Waals surface area contributed by atoms with Crippen LogP contribution < -0.4 is 15.3 Å². The Hall–Kier alpha value is -3.97. The summed E-state index contributed by atoms with van der Waals surface area (Å²) < 4.78 is 52.7. The average molecular weight is 615 g/mol. The predicted octanol–water partition coefficient (Wildman–Crippen LogP) is 3.90. The first-order valence-corrected chi connectivity index (χ1v) is 12.6. The van der Waals surface area contributed by atoms with E-state index in [0.717, 1.165) is 6.07 Å². The largest absolute Gasteiger partial charge is 0.493 e. The van der Waals surface area contributed by atoms with Gasteiger partial charge in [0.25, 0.3) is 5.91 Å². The third kappa shape index (κ3) is 6.51. The molecule has 216 valence electrons. The van der Waals surface area contributed by atoms with E-state index in [1.165, 1.54) is 41.8 Å². The monoisotopic (exact) mass is 614 g/mol. The molecule has 0 unspecified atom stereocenters. The topological polar surface area (TPSA) is 102 Å². The molecule has 0 bridgehead atoms. The Bertz CT molecular complexity index is 1610. The fourth-order valence-electron chi connectivity index (χ4n) is 4.14. The summed E-state index contributed by atoms with van der Waals surface area (Å²) in [6.07, 6.45) is -5.51. The Balaban J connectivity index is 1.56. The van der Waals surface area contributed by atoms with Crippen LogP contribution in [0.5, 0.6) is 0 Å². The minimum absolute atomic E-state index is 0.0271. The van der Waals surface area contributed by atoms with Gasteiger partial charge >= 0.3 is 17.7 Å². The summed E-state index contributed by atoms with van der Waals surface area (Å²) in [7, 11) is 0. The van der Waals surface area contributed by atoms with Gasteiger partial charge in [0.15, 0.2) is 0 Å². The fraction of sp³-hybridized carbons (Fsp3) is 0.269. The quantitative estimate of drug-likeness (QED) is 0.404. The SMILES string of the molecule is Cc1c(Cc2ccc(F)c(C(=O)N3CCN(c4cc(Cl)cc(Cl)c4)C(=O)C3)c2)nn(OC(=O)C(F)(F)F)c(=O)c1C. The molecular formula is C26H20Cl2F4N4O5. The Kier molecular flexibility index (Phi) is 8.41. The van der Waals surface area contributed by atoms with Crippen LogP contribution in [0.3, 0.4) is 0 Å². The average Bonchev–Trinajstić information content (AvgIpc) is 2.89. The molecular weight excluding hydrogens is 595 g/mol. The smallest absolute Gasteiger partial charge is 0.327 e. The molecule has 0 atom stereocenters. The molecule has 2 heterocycles. The van der Waals surface area contributed by atoms with Crippen LogP contribution in [-0.2, 0) is 16.0 Å². The van der Waals surface area contributed by atoms with E-state index >= 15 is 0 Å². The lowest BCUT2D eigenvalue weighted by Gasteiger charge is -2.34. The second-order valence-corrected chi connectivity index (χ2v) is 10.0. The zero-order valence-corrected chi connectivity index (χ0v) is 22.9. The van der Waals surface area contributed by atoms with E-state index in [4.69, 9.17) is 23.2 Å². The van der Waals surface area contributed by atoms with Crippen molar-refractivity contribution in [1.82, 2.24) is 14.8 Å². The van der Waals surface area contributed by atoms with Gasteiger partial charge in [-0.15, -0.1) is 5.10 Å². The summed E-state index contributed by atoms with van der Waals surface area (Å²) in [6.45, 7) is 2.64. The minimum Gasteiger partial charge on any atom is -0.327 e. The van der Waals surface area contributed by atoms with Gasteiger partial charge in [0.2, 0.25) is 5.91 Å². The van der Waals surface area contributed by atoms with E-state index in [-0.39, 0.29) is 47.7 Å². The highest BCUT2D eigenvalue weighted by Crippen LogP contribution is 2.27. The molecule has 1 saturated heterocycles. The molecule has 1 fully saturated rings. The number of carbonyl (C=O) groups is 3. The number of anilines is 1. The van der Waals surface area contributed by atoms with Crippen molar-refractivity contribution in [3.8, 4) is 0 Å². The number of amides is 2. The third-order valence-electron chi connectivity index (χ3n) is 6.40. The highest BCUT2D eigenvalue weighted by molar-refractivity contribution is 6.35. The first kappa shape index (κ1) is 30.0. The first-order valence-electron chi connectivity index (χ1n) is 11.9. The predicted molar refractivity (Wildman–Crippen MR) is 140 cm³/mol. The van der Waals surface area contributed by atoms with Gasteiger partial charge in [-0.25, -0.2) is 9.18 Å². The number of piperazine rings is 1. The number of alkyl halides is 3. The zero-order valence-electron chi connectivity index (χ0n) is 21.4. The molecule has 15 heteroatoms. The van der Waals surface area contributed by atoms with Crippen LogP contribution in [0.2, 0.25) is 10.0 Å². The Morgan fingerprint density at radius 2 is 1.66 bits per heavy atom. The van der Waals surface area contributed by atoms with Crippen molar-refractivity contribution >= 4 is 46.7 Å². The molecule has 2 amide bonds. The maximum absolute atomic E-state index is 14.8. The number of hydrogen-bond acceptors (Lipinski definition) is 6. The van der Waals surface area contributed by atoms with E-state index in [1.807, 2.05) is 0 Å². The molecule has 1 aromatic heterocycles. The van der Waals surface area contributed by atoms with Gasteiger partial charge < -0.3 is 14.6 Å². The lowest BCUT2D eigenvalue weighted by molar-refractivity contribution is -0.202. The zero-order chi connectivity index (χ0) is 30.2. The number of rotatable bonds is 5. The van der Waals surface area contributed by atoms with E-state index in [0.29, 0.717) is 26.9 Å². The number of aromatic nitrogens is 2. The Morgan fingerprint density at radius 1 is 1.00 bits per heavy atom. The van der Waals surface area contributed by atoms with E-state index < -0.39 is 35.3 Å². The molecule has 3 aromatic rings. The van der Waals surface area contributed by atoms with Crippen molar-refractivity contribution in [2.75, 3.05) is 24.5 Å². The molecule has 0 N–H and O–H groups in total. The first-order chi connectivity index (χ1) is 19.1. The normalized spacial score (nSPS) is 13.9. The molecule has 1 aliphatic rings. The van der Waals surface area contributed by atoms with Crippen LogP contribution in [0.15, 0.2) is 41.2 Å². The van der Waals surface area contributed by atoms with Gasteiger partial charge in [-0.1, -0.05) is 29.3 Å². The molecule has 1 aliphatic heterocycles. The van der Waals surface area contributed by atoms with E-state index in [1.54, 1.807) is 12.1 Å². The molecule has 2 aromatic carbocycles. The van der Waals surface area contributed by atoms with Crippen LogP contribution in [0.4, 0.5) is 23.2 Å². The van der Waals surface area contributed by atoms with Crippen molar-refractivity contribution in [2.45, 2.75) is 26.4 Å². The van der Waals surface area contributed by atoms with Crippen LogP contribution in [0.25, 0.3) is 0 Å². The van der Waals surface area contributed by atoms with Crippen molar-refractivity contribution in [2.24, 2.45) is 0 Å². The molecule has 0 spiro atoms. The minimum atomic E-state index is -5.36. The van der Waals surface area contributed by atoms with Gasteiger partial charge in [-0.05, 0) is 60.2 Å². The summed E-state index contributed by atoms with van der Waals surface area (Å²) >= 11 is 12.0. The number of nitrogens with zero attached hydrogens (tertiary/aromatic N) is 4. The van der Waals surface area contributed by atoms with Crippen LogP contribution in [0, 0.1) is 19.7 Å². The third-order valence-corrected chi connectivity index (χ3v) is 6.84. The molecule has 41 heavy (non-hydrogen) atoms. The van der Waals surface area contributed by atoms with Gasteiger partial charge in [-0.2, -0.15) is 13.2 Å². The molecule has 9 nitrogen and oxygen atoms in total. The van der Waals surface area contributed by atoms with Crippen molar-refractivity contribution in [3.05, 3.63) is 90.6 Å². The van der Waals surface area contributed by atoms with E-state index in [9.17, 15) is 36.7 Å². The molecule has 0 radical (unpaired) electrons. The van der Waals surface area contributed by atoms with Gasteiger partial charge in [0, 0.05) is 40.8 Å². The fourth-order valence-corrected chi connectivity index (χ4v) is 4.65. The summed E-state index contributed by atoms with van der Waals surface area (Å²) in [5, 5.41) is 4.38. The Labute approximate surface area is 239 Å². The van der Waals surface area contributed by atoms with Gasteiger partial charge in [0.1, 0.15) is 12.4 Å². The molecule has 0 saturated carbocycles. The van der Waals surface area contributed by atoms with Crippen molar-refractivity contribution < 1.29 is 36.8 Å². The van der Waals surface area contributed by atoms with Crippen molar-refractivity contribution in [3.63, 3.8) is 0 Å². The van der Waals surface area contributed by atoms with Crippen LogP contribution in [-0.4, -0.2) is 58.4 Å². The van der Waals surface area contributed by atoms with Gasteiger partial charge in [0.05, 0.1) is 11.3 Å². The summed E-state index contributed by atoms with van der Waals surface area (Å²) in [5.74, 6) is -4.69. The Morgan fingerprint density at radius 3 is 2.27 bits per heavy atom. The number of carbonyl (C=O) groups excluding carboxylic acids is 3. The summed E-state index contributed by atoms with van der Waals surface area (Å²) in [6, 6.07) is 8.18. The molecule has 4 rings (SSSR count). The molecule has 0 aliphatic carbocycles. The second-order valence-electron chi connectivity index (χ2n) is 9.14. The highest BCUT2D eigenvalue weighted by atomic mass is 35.5. The van der Waals surface area contributed by atoms with Crippen LogP contribution in [0.1, 0.15) is 32.7 Å². The summed E-state index contributed by atoms with van der Waals surface area (Å²) in [4.78, 5) is 56.2. The lowest BCUT2D eigenvalue weighted by Crippen LogP contribution is -2.52. The maximum atomic E-state index is 14.8. The standard InChI is InChI=1S/C26H20Cl2F4N4O5/c1-13-14(2)23(38)36(41-25(40)26(30,31)32)33-21(13)8-15-3-4-20(29)19(7-15)24(39)34-5-6-35(22(37)12-34)18-10-16(27)9-17(28)11-18/h3-4,7,9-11H,5-6,8,12H2,1-2H3. The van der Waals surface area contributed by atoms with Gasteiger partial charge in [-0.3, -0.25) is 14.4 Å². The van der Waals surface area contributed by atoms with E-state index in [2.05, 4.69) is 9.94 Å². The summed E-state index contributed by atoms with van der Waals surface area (Å²) in [5.41, 5.74) is -0.326. The number of benzene rings is 2.